The molecule has 112 valence electrons. The summed E-state index contributed by atoms with van der Waals surface area (Å²) in [4.78, 5) is 5.77. The summed E-state index contributed by atoms with van der Waals surface area (Å²) in [5.41, 5.74) is 0.170. The second kappa shape index (κ2) is 5.41. The Morgan fingerprint density at radius 3 is 2.60 bits per heavy atom. The lowest BCUT2D eigenvalue weighted by molar-refractivity contribution is -0.137. The van der Waals surface area contributed by atoms with Crippen molar-refractivity contribution in [1.29, 1.82) is 0 Å². The van der Waals surface area contributed by atoms with E-state index in [9.17, 15) is 13.2 Å². The second-order valence-corrected chi connectivity index (χ2v) is 5.56. The zero-order valence-electron chi connectivity index (χ0n) is 10.9. The van der Waals surface area contributed by atoms with E-state index in [4.69, 9.17) is 0 Å². The molecule has 3 nitrogen and oxygen atoms in total. The molecule has 3 heterocycles. The third kappa shape index (κ3) is 2.86. The maximum absolute atomic E-state index is 12.7. The molecule has 1 aromatic rings. The van der Waals surface area contributed by atoms with E-state index in [1.165, 1.54) is 12.3 Å². The Hall–Kier alpha value is -1.01. The molecular weight excluding hydrogens is 291 g/mol. The van der Waals surface area contributed by atoms with Crippen LogP contribution in [0.1, 0.15) is 18.4 Å². The summed E-state index contributed by atoms with van der Waals surface area (Å²) in [6.45, 7) is 3.57. The SMILES string of the molecule is Cl.FC(F)(F)c1cncc(N2CCCC3(CNC3)C2)c1. The highest BCUT2D eigenvalue weighted by molar-refractivity contribution is 5.85. The zero-order chi connectivity index (χ0) is 13.5. The number of alkyl halides is 3. The molecule has 0 amide bonds. The number of nitrogens with one attached hydrogen (secondary N) is 1. The summed E-state index contributed by atoms with van der Waals surface area (Å²) in [5, 5.41) is 3.26. The van der Waals surface area contributed by atoms with E-state index in [1.54, 1.807) is 0 Å². The number of aromatic nitrogens is 1. The summed E-state index contributed by atoms with van der Waals surface area (Å²) in [6, 6.07) is 1.21. The van der Waals surface area contributed by atoms with Gasteiger partial charge < -0.3 is 10.2 Å². The predicted octanol–water partition coefficient (Wildman–Crippen LogP) is 2.71. The standard InChI is InChI=1S/C13H16F3N3.ClH/c14-13(15,16)10-4-11(6-17-5-10)19-3-1-2-12(9-19)7-18-8-12;/h4-6,18H,1-3,7-9H2;1H. The molecule has 0 unspecified atom stereocenters. The molecule has 0 radical (unpaired) electrons. The Kier molecular flexibility index (Phi) is 4.16. The van der Waals surface area contributed by atoms with Crippen molar-refractivity contribution in [2.24, 2.45) is 5.41 Å². The van der Waals surface area contributed by atoms with Gasteiger partial charge in [0.1, 0.15) is 0 Å². The predicted molar refractivity (Wildman–Crippen MR) is 73.2 cm³/mol. The Balaban J connectivity index is 0.00000147. The van der Waals surface area contributed by atoms with Crippen molar-refractivity contribution in [3.8, 4) is 0 Å². The summed E-state index contributed by atoms with van der Waals surface area (Å²) < 4.78 is 38.1. The molecule has 2 aliphatic rings. The fourth-order valence-corrected chi connectivity index (χ4v) is 2.95. The van der Waals surface area contributed by atoms with E-state index in [0.29, 0.717) is 5.69 Å². The van der Waals surface area contributed by atoms with Crippen LogP contribution in [0, 0.1) is 5.41 Å². The highest BCUT2D eigenvalue weighted by atomic mass is 35.5. The van der Waals surface area contributed by atoms with Crippen LogP contribution < -0.4 is 10.2 Å². The molecule has 20 heavy (non-hydrogen) atoms. The molecule has 2 saturated heterocycles. The lowest BCUT2D eigenvalue weighted by Gasteiger charge is -2.49. The van der Waals surface area contributed by atoms with Crippen molar-refractivity contribution in [1.82, 2.24) is 10.3 Å². The summed E-state index contributed by atoms with van der Waals surface area (Å²) in [6.07, 6.45) is 0.268. The van der Waals surface area contributed by atoms with E-state index >= 15 is 0 Å². The summed E-state index contributed by atoms with van der Waals surface area (Å²) in [5.74, 6) is 0. The van der Waals surface area contributed by atoms with Gasteiger partial charge in [-0.15, -0.1) is 12.4 Å². The largest absolute Gasteiger partial charge is 0.417 e. The van der Waals surface area contributed by atoms with Crippen molar-refractivity contribution in [3.63, 3.8) is 0 Å². The molecule has 0 aliphatic carbocycles. The first kappa shape index (κ1) is 15.4. The Bertz CT molecular complexity index is 474. The van der Waals surface area contributed by atoms with Crippen molar-refractivity contribution in [2.75, 3.05) is 31.1 Å². The monoisotopic (exact) mass is 307 g/mol. The fraction of sp³-hybridized carbons (Fsp3) is 0.615. The lowest BCUT2D eigenvalue weighted by atomic mass is 9.75. The van der Waals surface area contributed by atoms with Crippen LogP contribution in [-0.4, -0.2) is 31.2 Å². The molecule has 1 N–H and O–H groups in total. The molecule has 0 saturated carbocycles. The zero-order valence-corrected chi connectivity index (χ0v) is 11.7. The quantitative estimate of drug-likeness (QED) is 0.864. The minimum atomic E-state index is -4.32. The number of anilines is 1. The molecule has 3 rings (SSSR count). The highest BCUT2D eigenvalue weighted by Crippen LogP contribution is 2.37. The minimum absolute atomic E-state index is 0. The van der Waals surface area contributed by atoms with Gasteiger partial charge in [-0.3, -0.25) is 4.98 Å². The molecule has 0 atom stereocenters. The van der Waals surface area contributed by atoms with Gasteiger partial charge in [0, 0.05) is 37.8 Å². The van der Waals surface area contributed by atoms with E-state index in [-0.39, 0.29) is 17.8 Å². The van der Waals surface area contributed by atoms with Crippen molar-refractivity contribution >= 4 is 18.1 Å². The van der Waals surface area contributed by atoms with Crippen LogP contribution in [0.5, 0.6) is 0 Å². The van der Waals surface area contributed by atoms with Gasteiger partial charge in [-0.1, -0.05) is 0 Å². The average Bonchev–Trinajstić information content (AvgIpc) is 2.36. The van der Waals surface area contributed by atoms with Gasteiger partial charge in [0.15, 0.2) is 0 Å². The topological polar surface area (TPSA) is 28.2 Å². The smallest absolute Gasteiger partial charge is 0.370 e. The summed E-state index contributed by atoms with van der Waals surface area (Å²) >= 11 is 0. The van der Waals surface area contributed by atoms with Gasteiger partial charge >= 0.3 is 6.18 Å². The summed E-state index contributed by atoms with van der Waals surface area (Å²) in [7, 11) is 0. The molecule has 2 fully saturated rings. The second-order valence-electron chi connectivity index (χ2n) is 5.56. The number of pyridine rings is 1. The number of hydrogen-bond donors (Lipinski definition) is 1. The van der Waals surface area contributed by atoms with Gasteiger partial charge in [-0.25, -0.2) is 0 Å². The van der Waals surface area contributed by atoms with Crippen LogP contribution >= 0.6 is 12.4 Å². The molecule has 7 heteroatoms. The number of piperidine rings is 1. The molecule has 0 bridgehead atoms. The fourth-order valence-electron chi connectivity index (χ4n) is 2.95. The first-order chi connectivity index (χ1) is 8.99. The van der Waals surface area contributed by atoms with Gasteiger partial charge in [-0.2, -0.15) is 13.2 Å². The van der Waals surface area contributed by atoms with Crippen LogP contribution in [0.4, 0.5) is 18.9 Å². The molecule has 1 aromatic heterocycles. The maximum Gasteiger partial charge on any atom is 0.417 e. The number of rotatable bonds is 1. The van der Waals surface area contributed by atoms with E-state index < -0.39 is 11.7 Å². The molecule has 0 aromatic carbocycles. The van der Waals surface area contributed by atoms with Gasteiger partial charge in [0.2, 0.25) is 0 Å². The Morgan fingerprint density at radius 1 is 1.25 bits per heavy atom. The minimum Gasteiger partial charge on any atom is -0.370 e. The van der Waals surface area contributed by atoms with Gasteiger partial charge in [0.25, 0.3) is 0 Å². The number of hydrogen-bond acceptors (Lipinski definition) is 3. The van der Waals surface area contributed by atoms with Crippen molar-refractivity contribution < 1.29 is 13.2 Å². The van der Waals surface area contributed by atoms with Gasteiger partial charge in [-0.05, 0) is 18.9 Å². The average molecular weight is 308 g/mol. The third-order valence-electron chi connectivity index (χ3n) is 4.08. The molecule has 2 aliphatic heterocycles. The Morgan fingerprint density at radius 2 is 2.00 bits per heavy atom. The highest BCUT2D eigenvalue weighted by Gasteiger charge is 2.41. The van der Waals surface area contributed by atoms with E-state index in [0.717, 1.165) is 45.2 Å². The van der Waals surface area contributed by atoms with Gasteiger partial charge in [0.05, 0.1) is 17.4 Å². The van der Waals surface area contributed by atoms with Crippen LogP contribution in [0.2, 0.25) is 0 Å². The third-order valence-corrected chi connectivity index (χ3v) is 4.08. The first-order valence-corrected chi connectivity index (χ1v) is 6.47. The maximum atomic E-state index is 12.7. The van der Waals surface area contributed by atoms with Crippen molar-refractivity contribution in [3.05, 3.63) is 24.0 Å². The lowest BCUT2D eigenvalue weighted by Crippen LogP contribution is -2.61. The number of nitrogens with zero attached hydrogens (tertiary/aromatic N) is 2. The van der Waals surface area contributed by atoms with Crippen LogP contribution in [0.25, 0.3) is 0 Å². The molecule has 1 spiro atoms. The normalized spacial score (nSPS) is 21.2. The van der Waals surface area contributed by atoms with E-state index in [2.05, 4.69) is 10.3 Å². The Labute approximate surface area is 122 Å². The first-order valence-electron chi connectivity index (χ1n) is 6.47. The number of halogens is 4. The van der Waals surface area contributed by atoms with Crippen LogP contribution in [-0.2, 0) is 6.18 Å². The van der Waals surface area contributed by atoms with Crippen molar-refractivity contribution in [2.45, 2.75) is 19.0 Å². The van der Waals surface area contributed by atoms with E-state index in [1.807, 2.05) is 4.90 Å². The van der Waals surface area contributed by atoms with Crippen LogP contribution in [0.15, 0.2) is 18.5 Å². The molecular formula is C13H17ClF3N3. The van der Waals surface area contributed by atoms with Crippen LogP contribution in [0.3, 0.4) is 0 Å².